The van der Waals surface area contributed by atoms with Gasteiger partial charge in [-0.1, -0.05) is 6.07 Å². The Labute approximate surface area is 84.1 Å². The van der Waals surface area contributed by atoms with Crippen LogP contribution in [0.4, 0.5) is 0 Å². The Morgan fingerprint density at radius 1 is 1.21 bits per heavy atom. The van der Waals surface area contributed by atoms with Crippen LogP contribution in [0.2, 0.25) is 0 Å². The Bertz CT molecular complexity index is 586. The van der Waals surface area contributed by atoms with Crippen LogP contribution >= 0.6 is 11.3 Å². The van der Waals surface area contributed by atoms with E-state index in [0.29, 0.717) is 10.3 Å². The smallest absolute Gasteiger partial charge is 0.125 e. The molecule has 0 radical (unpaired) electrons. The highest BCUT2D eigenvalue weighted by molar-refractivity contribution is 7.19. The van der Waals surface area contributed by atoms with E-state index in [0.717, 1.165) is 4.70 Å². The molecular formula is C10H4N2OS. The number of aromatic hydroxyl groups is 1. The highest BCUT2D eigenvalue weighted by atomic mass is 32.1. The van der Waals surface area contributed by atoms with Crippen molar-refractivity contribution >= 4 is 21.4 Å². The predicted octanol–water partition coefficient (Wildman–Crippen LogP) is 2.35. The van der Waals surface area contributed by atoms with Gasteiger partial charge in [-0.2, -0.15) is 10.5 Å². The molecule has 0 bridgehead atoms. The van der Waals surface area contributed by atoms with Gasteiger partial charge in [-0.3, -0.25) is 0 Å². The molecule has 3 nitrogen and oxygen atoms in total. The normalized spacial score (nSPS) is 9.57. The van der Waals surface area contributed by atoms with Crippen LogP contribution in [-0.2, 0) is 0 Å². The minimum absolute atomic E-state index is 0.0526. The molecule has 0 fully saturated rings. The lowest BCUT2D eigenvalue weighted by Gasteiger charge is -1.93. The topological polar surface area (TPSA) is 67.8 Å². The Hall–Kier alpha value is -2.04. The number of phenolic OH excluding ortho intramolecular Hbond substituents is 1. The summed E-state index contributed by atoms with van der Waals surface area (Å²) in [5.41, 5.74) is 0.269. The number of benzene rings is 1. The molecule has 1 N–H and O–H groups in total. The molecule has 1 heterocycles. The van der Waals surface area contributed by atoms with Crippen molar-refractivity contribution in [3.8, 4) is 17.9 Å². The SMILES string of the molecule is N#Cc1sc2cccc(O)c2c1C#N. The first-order valence-electron chi connectivity index (χ1n) is 3.82. The first kappa shape index (κ1) is 8.55. The average Bonchev–Trinajstić information content (AvgIpc) is 2.56. The van der Waals surface area contributed by atoms with Crippen LogP contribution in [0.1, 0.15) is 10.4 Å². The summed E-state index contributed by atoms with van der Waals surface area (Å²) in [6.45, 7) is 0. The monoisotopic (exact) mass is 200 g/mol. The summed E-state index contributed by atoms with van der Waals surface area (Å²) in [7, 11) is 0. The van der Waals surface area contributed by atoms with E-state index >= 15 is 0 Å². The number of phenols is 1. The number of hydrogen-bond donors (Lipinski definition) is 1. The fourth-order valence-corrected chi connectivity index (χ4v) is 2.29. The minimum atomic E-state index is 0.0526. The second-order valence-corrected chi connectivity index (χ2v) is 3.73. The van der Waals surface area contributed by atoms with Crippen LogP contribution in [0, 0.1) is 22.7 Å². The molecule has 2 aromatic rings. The first-order valence-corrected chi connectivity index (χ1v) is 4.64. The van der Waals surface area contributed by atoms with Gasteiger partial charge in [0.15, 0.2) is 0 Å². The number of nitrogens with zero attached hydrogens (tertiary/aromatic N) is 2. The van der Waals surface area contributed by atoms with Crippen LogP contribution in [0.25, 0.3) is 10.1 Å². The van der Waals surface area contributed by atoms with Crippen molar-refractivity contribution < 1.29 is 5.11 Å². The third-order valence-corrected chi connectivity index (χ3v) is 2.97. The van der Waals surface area contributed by atoms with Crippen LogP contribution < -0.4 is 0 Å². The van der Waals surface area contributed by atoms with Gasteiger partial charge in [0.05, 0.1) is 10.9 Å². The fourth-order valence-electron chi connectivity index (χ4n) is 1.32. The predicted molar refractivity (Wildman–Crippen MR) is 52.9 cm³/mol. The summed E-state index contributed by atoms with van der Waals surface area (Å²) in [5, 5.41) is 27.6. The molecule has 4 heteroatoms. The van der Waals surface area contributed by atoms with Crippen molar-refractivity contribution in [3.63, 3.8) is 0 Å². The number of thiophene rings is 1. The summed E-state index contributed by atoms with van der Waals surface area (Å²) in [5.74, 6) is 0.0526. The van der Waals surface area contributed by atoms with E-state index in [2.05, 4.69) is 0 Å². The van der Waals surface area contributed by atoms with Gasteiger partial charge < -0.3 is 5.11 Å². The lowest BCUT2D eigenvalue weighted by molar-refractivity contribution is 0.481. The Morgan fingerprint density at radius 2 is 2.00 bits per heavy atom. The standard InChI is InChI=1S/C10H4N2OS/c11-4-6-9(5-12)14-8-3-1-2-7(13)10(6)8/h1-3,13H. The Morgan fingerprint density at radius 3 is 2.64 bits per heavy atom. The molecular weight excluding hydrogens is 196 g/mol. The second-order valence-electron chi connectivity index (χ2n) is 2.68. The van der Waals surface area contributed by atoms with Gasteiger partial charge >= 0.3 is 0 Å². The van der Waals surface area contributed by atoms with Gasteiger partial charge in [0.2, 0.25) is 0 Å². The van der Waals surface area contributed by atoms with Crippen molar-refractivity contribution in [3.05, 3.63) is 28.6 Å². The van der Waals surface area contributed by atoms with Gasteiger partial charge in [0.25, 0.3) is 0 Å². The second kappa shape index (κ2) is 3.02. The molecule has 0 saturated heterocycles. The summed E-state index contributed by atoms with van der Waals surface area (Å²) >= 11 is 1.22. The van der Waals surface area contributed by atoms with Crippen LogP contribution in [-0.4, -0.2) is 5.11 Å². The van der Waals surface area contributed by atoms with Crippen molar-refractivity contribution in [2.24, 2.45) is 0 Å². The summed E-state index contributed by atoms with van der Waals surface area (Å²) in [6.07, 6.45) is 0. The van der Waals surface area contributed by atoms with Crippen molar-refractivity contribution in [2.45, 2.75) is 0 Å². The van der Waals surface area contributed by atoms with Gasteiger partial charge in [0, 0.05) is 4.70 Å². The van der Waals surface area contributed by atoms with E-state index < -0.39 is 0 Å². The van der Waals surface area contributed by atoms with Crippen LogP contribution in [0.5, 0.6) is 5.75 Å². The van der Waals surface area contributed by atoms with Crippen LogP contribution in [0.15, 0.2) is 18.2 Å². The van der Waals surface area contributed by atoms with E-state index in [-0.39, 0.29) is 11.3 Å². The van der Waals surface area contributed by atoms with E-state index in [1.165, 1.54) is 17.4 Å². The molecule has 1 aromatic heterocycles. The summed E-state index contributed by atoms with van der Waals surface area (Å²) < 4.78 is 0.762. The zero-order valence-electron chi connectivity index (χ0n) is 6.98. The first-order chi connectivity index (χ1) is 6.77. The molecule has 0 unspecified atom stereocenters. The third kappa shape index (κ3) is 1.02. The highest BCUT2D eigenvalue weighted by Gasteiger charge is 2.13. The maximum Gasteiger partial charge on any atom is 0.125 e. The van der Waals surface area contributed by atoms with Crippen molar-refractivity contribution in [2.75, 3.05) is 0 Å². The maximum atomic E-state index is 9.54. The summed E-state index contributed by atoms with van der Waals surface area (Å²) in [6, 6.07) is 8.87. The molecule has 0 aliphatic rings. The molecule has 14 heavy (non-hydrogen) atoms. The molecule has 0 spiro atoms. The maximum absolute atomic E-state index is 9.54. The van der Waals surface area contributed by atoms with Crippen molar-refractivity contribution in [1.82, 2.24) is 0 Å². The van der Waals surface area contributed by atoms with E-state index in [9.17, 15) is 5.11 Å². The number of fused-ring (bicyclic) bond motifs is 1. The lowest BCUT2D eigenvalue weighted by Crippen LogP contribution is -1.75. The number of hydrogen-bond acceptors (Lipinski definition) is 4. The summed E-state index contributed by atoms with van der Waals surface area (Å²) in [4.78, 5) is 0.351. The fraction of sp³-hybridized carbons (Fsp3) is 0. The molecule has 1 aromatic carbocycles. The highest BCUT2D eigenvalue weighted by Crippen LogP contribution is 2.35. The van der Waals surface area contributed by atoms with Crippen molar-refractivity contribution in [1.29, 1.82) is 10.5 Å². The molecule has 0 aliphatic carbocycles. The molecule has 0 saturated carbocycles. The van der Waals surface area contributed by atoms with E-state index in [1.807, 2.05) is 12.1 Å². The third-order valence-electron chi connectivity index (χ3n) is 1.91. The number of rotatable bonds is 0. The van der Waals surface area contributed by atoms with Gasteiger partial charge in [-0.25, -0.2) is 0 Å². The minimum Gasteiger partial charge on any atom is -0.507 e. The van der Waals surface area contributed by atoms with Gasteiger partial charge in [-0.15, -0.1) is 11.3 Å². The Balaban J connectivity index is 2.99. The quantitative estimate of drug-likeness (QED) is 0.709. The molecule has 66 valence electrons. The average molecular weight is 200 g/mol. The number of nitriles is 2. The van der Waals surface area contributed by atoms with Gasteiger partial charge in [0.1, 0.15) is 22.8 Å². The lowest BCUT2D eigenvalue weighted by atomic mass is 10.1. The largest absolute Gasteiger partial charge is 0.507 e. The van der Waals surface area contributed by atoms with Crippen LogP contribution in [0.3, 0.4) is 0 Å². The molecule has 2 rings (SSSR count). The molecule has 0 aliphatic heterocycles. The van der Waals surface area contributed by atoms with E-state index in [4.69, 9.17) is 10.5 Å². The van der Waals surface area contributed by atoms with Gasteiger partial charge in [-0.05, 0) is 12.1 Å². The zero-order valence-corrected chi connectivity index (χ0v) is 7.80. The Kier molecular flexibility index (Phi) is 1.85. The molecule has 0 amide bonds. The van der Waals surface area contributed by atoms with E-state index in [1.54, 1.807) is 12.1 Å². The molecule has 0 atom stereocenters. The zero-order chi connectivity index (χ0) is 10.1.